The van der Waals surface area contributed by atoms with E-state index in [0.717, 1.165) is 60.6 Å². The Morgan fingerprint density at radius 1 is 1.15 bits per heavy atom. The van der Waals surface area contributed by atoms with Gasteiger partial charge in [0, 0.05) is 60.6 Å². The Bertz CT molecular complexity index is 1220. The van der Waals surface area contributed by atoms with Gasteiger partial charge in [-0.15, -0.1) is 0 Å². The molecule has 1 atom stereocenters. The van der Waals surface area contributed by atoms with Gasteiger partial charge in [0.2, 0.25) is 0 Å². The number of carbonyl (C=O) groups is 1. The van der Waals surface area contributed by atoms with Crippen molar-refractivity contribution in [2.24, 2.45) is 0 Å². The van der Waals surface area contributed by atoms with E-state index in [1.807, 2.05) is 37.5 Å². The number of pyridine rings is 1. The van der Waals surface area contributed by atoms with Crippen LogP contribution in [-0.4, -0.2) is 54.1 Å². The van der Waals surface area contributed by atoms with Gasteiger partial charge in [-0.25, -0.2) is 4.98 Å². The number of nitrogens with one attached hydrogen (secondary N) is 1. The topological polar surface area (TPSA) is 77.2 Å². The summed E-state index contributed by atoms with van der Waals surface area (Å²) in [4.78, 5) is 21.4. The SMILES string of the molecule is CN[C@H]1C[C@H](n2cc(C#N)c3ccc(N4CCN(c5ccc(C(C)=O)cc5)[C@@H](C)C4)nc32)C1. The van der Waals surface area contributed by atoms with Crippen molar-refractivity contribution in [1.29, 1.82) is 5.26 Å². The molecule has 0 amide bonds. The van der Waals surface area contributed by atoms with Crippen LogP contribution in [0.1, 0.15) is 48.7 Å². The van der Waals surface area contributed by atoms with Gasteiger partial charge < -0.3 is 19.7 Å². The van der Waals surface area contributed by atoms with Gasteiger partial charge in [0.1, 0.15) is 17.5 Å². The number of benzene rings is 1. The molecule has 1 saturated carbocycles. The van der Waals surface area contributed by atoms with Crippen molar-refractivity contribution in [1.82, 2.24) is 14.9 Å². The average molecular weight is 443 g/mol. The molecule has 2 aromatic heterocycles. The van der Waals surface area contributed by atoms with E-state index < -0.39 is 0 Å². The minimum atomic E-state index is 0.0913. The molecule has 2 aliphatic rings. The average Bonchev–Trinajstić information content (AvgIpc) is 3.16. The fraction of sp³-hybridized carbons (Fsp3) is 0.423. The van der Waals surface area contributed by atoms with Crippen molar-refractivity contribution in [3.8, 4) is 6.07 Å². The molecule has 7 heteroatoms. The maximum Gasteiger partial charge on any atom is 0.159 e. The monoisotopic (exact) mass is 442 g/mol. The maximum absolute atomic E-state index is 11.6. The van der Waals surface area contributed by atoms with Crippen molar-refractivity contribution >= 4 is 28.3 Å². The fourth-order valence-corrected chi connectivity index (χ4v) is 5.15. The molecular formula is C26H30N6O. The summed E-state index contributed by atoms with van der Waals surface area (Å²) in [6.45, 7) is 6.45. The van der Waals surface area contributed by atoms with Crippen LogP contribution < -0.4 is 15.1 Å². The molecule has 1 aliphatic heterocycles. The molecule has 0 bridgehead atoms. The van der Waals surface area contributed by atoms with Crippen LogP contribution in [0.4, 0.5) is 11.5 Å². The summed E-state index contributed by atoms with van der Waals surface area (Å²) in [5.74, 6) is 1.06. The lowest BCUT2D eigenvalue weighted by molar-refractivity contribution is 0.101. The maximum atomic E-state index is 11.6. The van der Waals surface area contributed by atoms with Gasteiger partial charge >= 0.3 is 0 Å². The highest BCUT2D eigenvalue weighted by Crippen LogP contribution is 2.36. The number of nitrogens with zero attached hydrogens (tertiary/aromatic N) is 5. The fourth-order valence-electron chi connectivity index (χ4n) is 5.15. The molecule has 5 rings (SSSR count). The van der Waals surface area contributed by atoms with Crippen LogP contribution in [0.3, 0.4) is 0 Å². The summed E-state index contributed by atoms with van der Waals surface area (Å²) < 4.78 is 2.21. The Hall–Kier alpha value is -3.37. The molecule has 2 fully saturated rings. The van der Waals surface area contributed by atoms with Gasteiger partial charge in [-0.1, -0.05) is 0 Å². The Morgan fingerprint density at radius 2 is 1.91 bits per heavy atom. The molecule has 1 aliphatic carbocycles. The number of Topliss-reactive ketones (excluding diaryl/α,β-unsaturated/α-hetero) is 1. The number of piperazine rings is 1. The Kier molecular flexibility index (Phi) is 5.55. The molecule has 170 valence electrons. The Morgan fingerprint density at radius 3 is 2.55 bits per heavy atom. The van der Waals surface area contributed by atoms with Gasteiger partial charge in [-0.3, -0.25) is 4.79 Å². The Labute approximate surface area is 194 Å². The van der Waals surface area contributed by atoms with Gasteiger partial charge in [-0.2, -0.15) is 5.26 Å². The van der Waals surface area contributed by atoms with Crippen LogP contribution in [0.15, 0.2) is 42.6 Å². The van der Waals surface area contributed by atoms with E-state index in [4.69, 9.17) is 4.98 Å². The number of hydrogen-bond acceptors (Lipinski definition) is 6. The number of carbonyl (C=O) groups excluding carboxylic acids is 1. The summed E-state index contributed by atoms with van der Waals surface area (Å²) in [7, 11) is 2.00. The van der Waals surface area contributed by atoms with Gasteiger partial charge in [0.15, 0.2) is 5.78 Å². The summed E-state index contributed by atoms with van der Waals surface area (Å²) in [6, 6.07) is 15.6. The van der Waals surface area contributed by atoms with E-state index in [1.54, 1.807) is 6.92 Å². The van der Waals surface area contributed by atoms with E-state index in [2.05, 4.69) is 44.8 Å². The van der Waals surface area contributed by atoms with E-state index in [9.17, 15) is 10.1 Å². The minimum Gasteiger partial charge on any atom is -0.365 e. The molecule has 0 spiro atoms. The van der Waals surface area contributed by atoms with E-state index in [0.29, 0.717) is 23.7 Å². The number of rotatable bonds is 5. The molecule has 0 unspecified atom stereocenters. The summed E-state index contributed by atoms with van der Waals surface area (Å²) >= 11 is 0. The predicted octanol–water partition coefficient (Wildman–Crippen LogP) is 3.75. The van der Waals surface area contributed by atoms with Crippen molar-refractivity contribution in [3.05, 3.63) is 53.7 Å². The summed E-state index contributed by atoms with van der Waals surface area (Å²) in [6.07, 6.45) is 4.10. The highest BCUT2D eigenvalue weighted by atomic mass is 16.1. The van der Waals surface area contributed by atoms with Crippen LogP contribution >= 0.6 is 0 Å². The zero-order valence-electron chi connectivity index (χ0n) is 19.5. The van der Waals surface area contributed by atoms with Crippen LogP contribution in [0.2, 0.25) is 0 Å². The molecule has 1 saturated heterocycles. The molecular weight excluding hydrogens is 412 g/mol. The lowest BCUT2D eigenvalue weighted by Gasteiger charge is -2.42. The highest BCUT2D eigenvalue weighted by Gasteiger charge is 2.31. The third-order valence-electron chi connectivity index (χ3n) is 7.26. The minimum absolute atomic E-state index is 0.0913. The number of hydrogen-bond donors (Lipinski definition) is 1. The number of anilines is 2. The van der Waals surface area contributed by atoms with Gasteiger partial charge in [0.25, 0.3) is 0 Å². The van der Waals surface area contributed by atoms with Crippen LogP contribution in [-0.2, 0) is 0 Å². The van der Waals surface area contributed by atoms with E-state index >= 15 is 0 Å². The highest BCUT2D eigenvalue weighted by molar-refractivity contribution is 5.94. The smallest absolute Gasteiger partial charge is 0.159 e. The predicted molar refractivity (Wildman–Crippen MR) is 131 cm³/mol. The van der Waals surface area contributed by atoms with Gasteiger partial charge in [0.05, 0.1) is 5.56 Å². The van der Waals surface area contributed by atoms with Crippen LogP contribution in [0.25, 0.3) is 11.0 Å². The first-order valence-electron chi connectivity index (χ1n) is 11.7. The van der Waals surface area contributed by atoms with Crippen molar-refractivity contribution in [2.75, 3.05) is 36.5 Å². The second-order valence-corrected chi connectivity index (χ2v) is 9.30. The zero-order chi connectivity index (χ0) is 23.1. The van der Waals surface area contributed by atoms with Crippen LogP contribution in [0, 0.1) is 11.3 Å². The molecule has 1 N–H and O–H groups in total. The molecule has 7 nitrogen and oxygen atoms in total. The first-order valence-corrected chi connectivity index (χ1v) is 11.7. The van der Waals surface area contributed by atoms with Crippen molar-refractivity contribution in [2.45, 2.75) is 44.8 Å². The second kappa shape index (κ2) is 8.53. The number of ketones is 1. The standard InChI is InChI=1S/C26H30N6O/c1-17-15-30(10-11-31(17)22-6-4-19(5-7-22)18(2)33)25-9-8-24-20(14-27)16-32(26(24)29-25)23-12-21(13-23)28-3/h4-9,16-17,21,23,28H,10-13,15H2,1-3H3/t17-,21-,23-/m0/s1. The molecule has 3 aromatic rings. The third kappa shape index (κ3) is 3.85. The lowest BCUT2D eigenvalue weighted by atomic mass is 9.87. The largest absolute Gasteiger partial charge is 0.365 e. The zero-order valence-corrected chi connectivity index (χ0v) is 19.5. The first-order chi connectivity index (χ1) is 16.0. The van der Waals surface area contributed by atoms with Gasteiger partial charge in [-0.05, 0) is 70.1 Å². The molecule has 0 radical (unpaired) electrons. The summed E-state index contributed by atoms with van der Waals surface area (Å²) in [5.41, 5.74) is 3.50. The molecule has 1 aromatic carbocycles. The summed E-state index contributed by atoms with van der Waals surface area (Å²) in [5, 5.41) is 13.9. The number of aromatic nitrogens is 2. The van der Waals surface area contributed by atoms with Crippen LogP contribution in [0.5, 0.6) is 0 Å². The second-order valence-electron chi connectivity index (χ2n) is 9.30. The molecule has 3 heterocycles. The van der Waals surface area contributed by atoms with E-state index in [1.165, 1.54) is 0 Å². The van der Waals surface area contributed by atoms with E-state index in [-0.39, 0.29) is 5.78 Å². The first kappa shape index (κ1) is 21.5. The lowest BCUT2D eigenvalue weighted by Crippen LogP contribution is -2.52. The Balaban J connectivity index is 1.36. The molecule has 33 heavy (non-hydrogen) atoms. The number of fused-ring (bicyclic) bond motifs is 1. The van der Waals surface area contributed by atoms with Crippen molar-refractivity contribution < 1.29 is 4.79 Å². The quantitative estimate of drug-likeness (QED) is 0.607. The normalized spacial score (nSPS) is 22.8. The third-order valence-corrected chi connectivity index (χ3v) is 7.26. The van der Waals surface area contributed by atoms with Crippen molar-refractivity contribution in [3.63, 3.8) is 0 Å². The number of nitriles is 1.